The van der Waals surface area contributed by atoms with E-state index in [2.05, 4.69) is 48.5 Å². The van der Waals surface area contributed by atoms with Gasteiger partial charge in [-0.05, 0) is 39.6 Å². The summed E-state index contributed by atoms with van der Waals surface area (Å²) in [7, 11) is 0. The molecule has 0 aliphatic carbocycles. The molecule has 0 aliphatic heterocycles. The molecule has 2 aromatic carbocycles. The Morgan fingerprint density at radius 1 is 1.10 bits per heavy atom. The van der Waals surface area contributed by atoms with E-state index in [0.717, 1.165) is 16.6 Å². The van der Waals surface area contributed by atoms with Crippen LogP contribution < -0.4 is 16.4 Å². The number of benzene rings is 2. The number of halogens is 2. The molecule has 4 rings (SSSR count). The predicted molar refractivity (Wildman–Crippen MR) is 120 cm³/mol. The van der Waals surface area contributed by atoms with Crippen LogP contribution >= 0.6 is 23.2 Å². The summed E-state index contributed by atoms with van der Waals surface area (Å²) in [5.41, 5.74) is 8.86. The average molecular weight is 459 g/mol. The number of nitrogens with zero attached hydrogens (tertiary/aromatic N) is 3. The minimum Gasteiger partial charge on any atom is -0.379 e. The largest absolute Gasteiger partial charge is 0.379 e. The molecule has 0 atom stereocenters. The third-order valence-electron chi connectivity index (χ3n) is 4.84. The number of aromatic nitrogens is 3. The first-order chi connectivity index (χ1) is 15.0. The van der Waals surface area contributed by atoms with Gasteiger partial charge in [-0.25, -0.2) is 4.63 Å². The molecule has 1 amide bonds. The predicted octanol–water partition coefficient (Wildman–Crippen LogP) is 3.48. The van der Waals surface area contributed by atoms with E-state index in [-0.39, 0.29) is 11.5 Å². The molecule has 2 aromatic heterocycles. The van der Waals surface area contributed by atoms with Crippen LogP contribution in [0.2, 0.25) is 10.0 Å². The van der Waals surface area contributed by atoms with Gasteiger partial charge in [0, 0.05) is 43.3 Å². The molecule has 0 saturated carbocycles. The number of fused-ring (bicyclic) bond motifs is 1. The van der Waals surface area contributed by atoms with Crippen molar-refractivity contribution < 1.29 is 9.42 Å². The van der Waals surface area contributed by atoms with Crippen LogP contribution in [0.1, 0.15) is 21.6 Å². The molecule has 0 unspecified atom stereocenters. The molecule has 4 N–H and O–H groups in total. The monoisotopic (exact) mass is 458 g/mol. The third kappa shape index (κ3) is 4.82. The summed E-state index contributed by atoms with van der Waals surface area (Å²) >= 11 is 12.2. The molecule has 0 aliphatic rings. The Morgan fingerprint density at radius 2 is 1.94 bits per heavy atom. The van der Waals surface area contributed by atoms with Gasteiger partial charge in [0.15, 0.2) is 0 Å². The summed E-state index contributed by atoms with van der Waals surface area (Å²) in [5.74, 6) is -0.445. The normalized spacial score (nSPS) is 11.2. The van der Waals surface area contributed by atoms with Gasteiger partial charge in [0.25, 0.3) is 5.91 Å². The molecular formula is C21H20Cl2N6O2. The maximum Gasteiger partial charge on any atom is 0.277 e. The van der Waals surface area contributed by atoms with E-state index >= 15 is 0 Å². The molecule has 31 heavy (non-hydrogen) atoms. The number of nitrogens with two attached hydrogens (primary N) is 1. The Morgan fingerprint density at radius 3 is 2.71 bits per heavy atom. The van der Waals surface area contributed by atoms with Crippen LogP contribution in [0.4, 0.5) is 5.82 Å². The smallest absolute Gasteiger partial charge is 0.277 e. The van der Waals surface area contributed by atoms with Crippen LogP contribution in [0.15, 0.2) is 53.3 Å². The second-order valence-electron chi connectivity index (χ2n) is 6.98. The van der Waals surface area contributed by atoms with Gasteiger partial charge >= 0.3 is 0 Å². The SMILES string of the molecule is Nc1nonc1C(=O)NCCNCc1cn(Cc2ccc(Cl)c(Cl)c2)c2ccccc12. The number of nitrogen functional groups attached to an aromatic ring is 1. The zero-order valence-corrected chi connectivity index (χ0v) is 18.0. The molecule has 0 spiro atoms. The van der Waals surface area contributed by atoms with E-state index in [1.54, 1.807) is 0 Å². The number of hydrogen-bond donors (Lipinski definition) is 3. The first-order valence-corrected chi connectivity index (χ1v) is 10.4. The highest BCUT2D eigenvalue weighted by atomic mass is 35.5. The lowest BCUT2D eigenvalue weighted by atomic mass is 10.2. The summed E-state index contributed by atoms with van der Waals surface area (Å²) in [6.45, 7) is 2.31. The van der Waals surface area contributed by atoms with E-state index in [0.29, 0.717) is 36.2 Å². The Bertz CT molecular complexity index is 1220. The van der Waals surface area contributed by atoms with Gasteiger partial charge in [-0.15, -0.1) is 0 Å². The van der Waals surface area contributed by atoms with E-state index in [1.807, 2.05) is 30.3 Å². The van der Waals surface area contributed by atoms with Gasteiger partial charge in [0.2, 0.25) is 11.5 Å². The number of anilines is 1. The Labute approximate surface area is 188 Å². The summed E-state index contributed by atoms with van der Waals surface area (Å²) in [6, 6.07) is 13.9. The second kappa shape index (κ2) is 9.38. The average Bonchev–Trinajstić information content (AvgIpc) is 3.34. The summed E-state index contributed by atoms with van der Waals surface area (Å²) in [6.07, 6.45) is 2.13. The van der Waals surface area contributed by atoms with Crippen LogP contribution in [0.25, 0.3) is 10.9 Å². The number of rotatable bonds is 8. The Kier molecular flexibility index (Phi) is 6.41. The van der Waals surface area contributed by atoms with Gasteiger partial charge in [-0.1, -0.05) is 47.5 Å². The fourth-order valence-corrected chi connectivity index (χ4v) is 3.67. The number of para-hydroxylation sites is 1. The quantitative estimate of drug-likeness (QED) is 0.348. The molecule has 2 heterocycles. The molecule has 0 radical (unpaired) electrons. The zero-order valence-electron chi connectivity index (χ0n) is 16.4. The fraction of sp³-hybridized carbons (Fsp3) is 0.190. The van der Waals surface area contributed by atoms with Crippen LogP contribution in [-0.4, -0.2) is 33.9 Å². The van der Waals surface area contributed by atoms with Gasteiger partial charge in [0.05, 0.1) is 10.0 Å². The van der Waals surface area contributed by atoms with Crippen molar-refractivity contribution in [2.45, 2.75) is 13.1 Å². The first-order valence-electron chi connectivity index (χ1n) is 9.60. The Balaban J connectivity index is 1.38. The summed E-state index contributed by atoms with van der Waals surface area (Å²) in [4.78, 5) is 12.0. The van der Waals surface area contributed by atoms with Gasteiger partial charge in [-0.2, -0.15) is 0 Å². The van der Waals surface area contributed by atoms with Crippen LogP contribution in [0.5, 0.6) is 0 Å². The van der Waals surface area contributed by atoms with Gasteiger partial charge in [-0.3, -0.25) is 4.79 Å². The number of carbonyl (C=O) groups excluding carboxylic acids is 1. The minimum atomic E-state index is -0.418. The molecule has 0 fully saturated rings. The molecular weight excluding hydrogens is 439 g/mol. The van der Waals surface area contributed by atoms with E-state index in [9.17, 15) is 4.79 Å². The van der Waals surface area contributed by atoms with E-state index < -0.39 is 5.91 Å². The molecule has 4 aromatic rings. The lowest BCUT2D eigenvalue weighted by molar-refractivity contribution is 0.0944. The van der Waals surface area contributed by atoms with Crippen LogP contribution in [0.3, 0.4) is 0 Å². The number of nitrogens with one attached hydrogen (secondary N) is 2. The lowest BCUT2D eigenvalue weighted by Gasteiger charge is -2.07. The van der Waals surface area contributed by atoms with Crippen molar-refractivity contribution in [1.82, 2.24) is 25.5 Å². The molecule has 160 valence electrons. The molecule has 8 nitrogen and oxygen atoms in total. The van der Waals surface area contributed by atoms with Crippen molar-refractivity contribution in [2.24, 2.45) is 0 Å². The number of carbonyl (C=O) groups is 1. The third-order valence-corrected chi connectivity index (χ3v) is 5.58. The van der Waals surface area contributed by atoms with Crippen molar-refractivity contribution in [3.63, 3.8) is 0 Å². The maximum atomic E-state index is 12.0. The minimum absolute atomic E-state index is 0.00891. The molecule has 0 bridgehead atoms. The van der Waals surface area contributed by atoms with Crippen molar-refractivity contribution in [1.29, 1.82) is 0 Å². The lowest BCUT2D eigenvalue weighted by Crippen LogP contribution is -2.32. The van der Waals surface area contributed by atoms with Gasteiger partial charge < -0.3 is 20.9 Å². The number of hydrogen-bond acceptors (Lipinski definition) is 6. The fourth-order valence-electron chi connectivity index (χ4n) is 3.35. The molecule has 0 saturated heterocycles. The highest BCUT2D eigenvalue weighted by Gasteiger charge is 2.15. The van der Waals surface area contributed by atoms with Crippen LogP contribution in [-0.2, 0) is 13.1 Å². The van der Waals surface area contributed by atoms with Crippen molar-refractivity contribution in [2.75, 3.05) is 18.8 Å². The van der Waals surface area contributed by atoms with E-state index in [1.165, 1.54) is 5.39 Å². The molecule has 10 heteroatoms. The first kappa shape index (κ1) is 21.2. The topological polar surface area (TPSA) is 111 Å². The summed E-state index contributed by atoms with van der Waals surface area (Å²) < 4.78 is 6.62. The van der Waals surface area contributed by atoms with Crippen molar-refractivity contribution in [3.8, 4) is 0 Å². The van der Waals surface area contributed by atoms with Crippen molar-refractivity contribution >= 4 is 45.8 Å². The zero-order chi connectivity index (χ0) is 21.8. The summed E-state index contributed by atoms with van der Waals surface area (Å²) in [5, 5.41) is 15.2. The highest BCUT2D eigenvalue weighted by molar-refractivity contribution is 6.42. The van der Waals surface area contributed by atoms with Crippen LogP contribution in [0, 0.1) is 0 Å². The van der Waals surface area contributed by atoms with Crippen molar-refractivity contribution in [3.05, 3.63) is 75.5 Å². The number of amides is 1. The highest BCUT2D eigenvalue weighted by Crippen LogP contribution is 2.26. The van der Waals surface area contributed by atoms with Gasteiger partial charge in [0.1, 0.15) is 0 Å². The second-order valence-corrected chi connectivity index (χ2v) is 7.79. The standard InChI is InChI=1S/C21H20Cl2N6O2/c22-16-6-5-13(9-17(16)23)11-29-12-14(15-3-1-2-4-18(15)29)10-25-7-8-26-21(30)19-20(24)28-31-27-19/h1-6,9,12,25H,7-8,10-11H2,(H2,24,28)(H,26,30). The maximum absolute atomic E-state index is 12.0. The Hall–Kier alpha value is -3.07. The van der Waals surface area contributed by atoms with E-state index in [4.69, 9.17) is 28.9 Å².